The van der Waals surface area contributed by atoms with Crippen LogP contribution >= 0.6 is 11.3 Å². The molecule has 1 aliphatic carbocycles. The monoisotopic (exact) mass is 399 g/mol. The number of hydrogen-bond donors (Lipinski definition) is 3. The summed E-state index contributed by atoms with van der Waals surface area (Å²) in [4.78, 5) is 22.0. The van der Waals surface area contributed by atoms with Crippen LogP contribution in [0.4, 0.5) is 16.6 Å². The highest BCUT2D eigenvalue weighted by atomic mass is 32.1. The van der Waals surface area contributed by atoms with Crippen LogP contribution in [0.3, 0.4) is 0 Å². The van der Waals surface area contributed by atoms with E-state index in [-0.39, 0.29) is 17.5 Å². The van der Waals surface area contributed by atoms with Crippen molar-refractivity contribution in [3.8, 4) is 0 Å². The molecule has 1 spiro atoms. The first-order valence-corrected chi connectivity index (χ1v) is 10.9. The van der Waals surface area contributed by atoms with Gasteiger partial charge in [0.1, 0.15) is 18.0 Å². The molecule has 28 heavy (non-hydrogen) atoms. The van der Waals surface area contributed by atoms with Gasteiger partial charge in [-0.05, 0) is 31.7 Å². The van der Waals surface area contributed by atoms with Crippen LogP contribution in [0.1, 0.15) is 60.2 Å². The van der Waals surface area contributed by atoms with Crippen molar-refractivity contribution in [2.24, 2.45) is 0 Å². The number of carbonyl (C=O) groups excluding carboxylic acids is 1. The lowest BCUT2D eigenvalue weighted by Crippen LogP contribution is -2.40. The first kappa shape index (κ1) is 17.9. The molecule has 1 saturated heterocycles. The minimum Gasteiger partial charge on any atom is -0.379 e. The fourth-order valence-electron chi connectivity index (χ4n) is 4.56. The number of carbonyl (C=O) groups is 1. The van der Waals surface area contributed by atoms with Crippen molar-refractivity contribution in [1.82, 2.24) is 15.3 Å². The summed E-state index contributed by atoms with van der Waals surface area (Å²) in [5.41, 5.74) is 1.01. The summed E-state index contributed by atoms with van der Waals surface area (Å²) in [5, 5.41) is 11.0. The summed E-state index contributed by atoms with van der Waals surface area (Å²) < 4.78 is 5.52. The standard InChI is InChI=1S/C20H25N5O2S/c26-19-18-14(20(25-19)6-2-1-3-7-20)9-17(28-18)24-16-10-15(21-12-22-16)23-13-5-4-8-27-11-13/h9-10,12-13H,1-8,11H2,(H,25,26)(H2,21,22,23,24)/t13-/m0/s1. The zero-order chi connectivity index (χ0) is 19.0. The second-order valence-corrected chi connectivity index (χ2v) is 8.97. The molecule has 2 aromatic heterocycles. The predicted octanol–water partition coefficient (Wildman–Crippen LogP) is 3.78. The molecule has 1 atom stereocenters. The normalized spacial score (nSPS) is 23.3. The Hall–Kier alpha value is -2.19. The maximum absolute atomic E-state index is 12.5. The van der Waals surface area contributed by atoms with E-state index in [9.17, 15) is 4.79 Å². The van der Waals surface area contributed by atoms with Gasteiger partial charge in [0, 0.05) is 18.2 Å². The van der Waals surface area contributed by atoms with Crippen molar-refractivity contribution in [3.63, 3.8) is 0 Å². The first-order chi connectivity index (χ1) is 13.7. The number of aromatic nitrogens is 2. The number of ether oxygens (including phenoxy) is 1. The first-order valence-electron chi connectivity index (χ1n) is 10.1. The van der Waals surface area contributed by atoms with E-state index < -0.39 is 0 Å². The van der Waals surface area contributed by atoms with Crippen molar-refractivity contribution in [2.75, 3.05) is 23.8 Å². The zero-order valence-electron chi connectivity index (χ0n) is 15.8. The number of fused-ring (bicyclic) bond motifs is 2. The highest BCUT2D eigenvalue weighted by molar-refractivity contribution is 7.18. The van der Waals surface area contributed by atoms with E-state index in [1.807, 2.05) is 6.07 Å². The average Bonchev–Trinajstić information content (AvgIpc) is 3.23. The van der Waals surface area contributed by atoms with Gasteiger partial charge in [0.05, 0.1) is 28.1 Å². The summed E-state index contributed by atoms with van der Waals surface area (Å²) in [5.74, 6) is 1.59. The molecule has 8 heteroatoms. The Morgan fingerprint density at radius 2 is 2.00 bits per heavy atom. The van der Waals surface area contributed by atoms with E-state index in [0.29, 0.717) is 6.61 Å². The lowest BCUT2D eigenvalue weighted by Gasteiger charge is -2.33. The molecule has 2 fully saturated rings. The van der Waals surface area contributed by atoms with Gasteiger partial charge >= 0.3 is 0 Å². The smallest absolute Gasteiger partial charge is 0.262 e. The van der Waals surface area contributed by atoms with E-state index in [4.69, 9.17) is 4.74 Å². The van der Waals surface area contributed by atoms with Crippen molar-refractivity contribution in [1.29, 1.82) is 0 Å². The third kappa shape index (κ3) is 3.35. The quantitative estimate of drug-likeness (QED) is 0.725. The van der Waals surface area contributed by atoms with Gasteiger partial charge in [0.15, 0.2) is 0 Å². The van der Waals surface area contributed by atoms with Crippen LogP contribution in [0.15, 0.2) is 18.5 Å². The summed E-state index contributed by atoms with van der Waals surface area (Å²) in [6.45, 7) is 1.55. The Morgan fingerprint density at radius 1 is 1.14 bits per heavy atom. The van der Waals surface area contributed by atoms with E-state index >= 15 is 0 Å². The fraction of sp³-hybridized carbons (Fsp3) is 0.550. The van der Waals surface area contributed by atoms with Crippen LogP contribution < -0.4 is 16.0 Å². The number of nitrogens with zero attached hydrogens (tertiary/aromatic N) is 2. The Kier molecular flexibility index (Phi) is 4.68. The number of thiophene rings is 1. The molecule has 7 nitrogen and oxygen atoms in total. The number of rotatable bonds is 4. The minimum absolute atomic E-state index is 0.0669. The van der Waals surface area contributed by atoms with Crippen LogP contribution in [-0.2, 0) is 10.3 Å². The van der Waals surface area contributed by atoms with E-state index in [1.165, 1.54) is 30.6 Å². The topological polar surface area (TPSA) is 88.2 Å². The molecule has 3 aliphatic rings. The van der Waals surface area contributed by atoms with Crippen LogP contribution in [0.25, 0.3) is 0 Å². The molecule has 0 bridgehead atoms. The van der Waals surface area contributed by atoms with Gasteiger partial charge in [-0.3, -0.25) is 4.79 Å². The van der Waals surface area contributed by atoms with Crippen molar-refractivity contribution in [3.05, 3.63) is 28.9 Å². The average molecular weight is 400 g/mol. The largest absolute Gasteiger partial charge is 0.379 e. The van der Waals surface area contributed by atoms with E-state index in [0.717, 1.165) is 59.4 Å². The van der Waals surface area contributed by atoms with Crippen LogP contribution in [0, 0.1) is 0 Å². The van der Waals surface area contributed by atoms with E-state index in [1.54, 1.807) is 6.33 Å². The van der Waals surface area contributed by atoms with Gasteiger partial charge in [-0.2, -0.15) is 0 Å². The molecule has 5 rings (SSSR count). The Labute approximate surface area is 168 Å². The highest BCUT2D eigenvalue weighted by Gasteiger charge is 2.44. The van der Waals surface area contributed by atoms with Crippen molar-refractivity contribution < 1.29 is 9.53 Å². The Bertz CT molecular complexity index is 871. The second kappa shape index (κ2) is 7.33. The minimum atomic E-state index is -0.152. The molecule has 3 N–H and O–H groups in total. The number of anilines is 3. The van der Waals surface area contributed by atoms with Crippen molar-refractivity contribution in [2.45, 2.75) is 56.5 Å². The second-order valence-electron chi connectivity index (χ2n) is 7.92. The van der Waals surface area contributed by atoms with E-state index in [2.05, 4.69) is 32.0 Å². The highest BCUT2D eigenvalue weighted by Crippen LogP contribution is 2.47. The van der Waals surface area contributed by atoms with Gasteiger partial charge in [0.25, 0.3) is 5.91 Å². The Morgan fingerprint density at radius 3 is 2.82 bits per heavy atom. The third-order valence-corrected chi connectivity index (χ3v) is 6.99. The van der Waals surface area contributed by atoms with Gasteiger partial charge in [0.2, 0.25) is 0 Å². The molecule has 2 aromatic rings. The summed E-state index contributed by atoms with van der Waals surface area (Å²) in [6.07, 6.45) is 9.38. The summed E-state index contributed by atoms with van der Waals surface area (Å²) in [6, 6.07) is 4.33. The van der Waals surface area contributed by atoms with Gasteiger partial charge in [-0.1, -0.05) is 19.3 Å². The third-order valence-electron chi connectivity index (χ3n) is 5.94. The molecule has 4 heterocycles. The fourth-order valence-corrected chi connectivity index (χ4v) is 5.62. The number of hydrogen-bond acceptors (Lipinski definition) is 7. The molecule has 2 aliphatic heterocycles. The molecule has 0 aromatic carbocycles. The van der Waals surface area contributed by atoms with Crippen molar-refractivity contribution >= 4 is 33.9 Å². The lowest BCUT2D eigenvalue weighted by molar-refractivity contribution is 0.0875. The van der Waals surface area contributed by atoms with Crippen LogP contribution in [0.2, 0.25) is 0 Å². The Balaban J connectivity index is 1.33. The molecule has 148 valence electrons. The molecule has 0 radical (unpaired) electrons. The SMILES string of the molecule is O=C1NC2(CCCCC2)c2cc(Nc3cc(N[C@H]4CCCOC4)ncn3)sc21. The molecular formula is C20H25N5O2S. The molecule has 0 unspecified atom stereocenters. The summed E-state index contributed by atoms with van der Waals surface area (Å²) >= 11 is 1.51. The predicted molar refractivity (Wildman–Crippen MR) is 109 cm³/mol. The summed E-state index contributed by atoms with van der Waals surface area (Å²) in [7, 11) is 0. The van der Waals surface area contributed by atoms with Gasteiger partial charge in [-0.15, -0.1) is 11.3 Å². The van der Waals surface area contributed by atoms with Gasteiger partial charge in [-0.25, -0.2) is 9.97 Å². The maximum Gasteiger partial charge on any atom is 0.262 e. The molecular weight excluding hydrogens is 374 g/mol. The molecule has 1 amide bonds. The molecule has 1 saturated carbocycles. The maximum atomic E-state index is 12.5. The van der Waals surface area contributed by atoms with Crippen LogP contribution in [0.5, 0.6) is 0 Å². The zero-order valence-corrected chi connectivity index (χ0v) is 16.6. The van der Waals surface area contributed by atoms with Crippen LogP contribution in [-0.4, -0.2) is 35.1 Å². The van der Waals surface area contributed by atoms with Gasteiger partial charge < -0.3 is 20.7 Å². The number of nitrogens with one attached hydrogen (secondary N) is 3. The lowest BCUT2D eigenvalue weighted by atomic mass is 9.78. The number of amides is 1.